The highest BCUT2D eigenvalue weighted by molar-refractivity contribution is 5.50. The van der Waals surface area contributed by atoms with E-state index in [9.17, 15) is 0 Å². The van der Waals surface area contributed by atoms with Crippen LogP contribution >= 0.6 is 0 Å². The predicted octanol–water partition coefficient (Wildman–Crippen LogP) is 1.09. The van der Waals surface area contributed by atoms with Crippen LogP contribution in [-0.2, 0) is 0 Å². The van der Waals surface area contributed by atoms with Crippen LogP contribution in [0.3, 0.4) is 0 Å². The van der Waals surface area contributed by atoms with Crippen molar-refractivity contribution in [3.63, 3.8) is 0 Å². The van der Waals surface area contributed by atoms with Crippen molar-refractivity contribution in [3.8, 4) is 5.88 Å². The van der Waals surface area contributed by atoms with E-state index in [1.54, 1.807) is 7.11 Å². The number of nitrogens with two attached hydrogens (primary N) is 1. The molecule has 3 N–H and O–H groups in total. The zero-order valence-corrected chi connectivity index (χ0v) is 9.79. The van der Waals surface area contributed by atoms with Gasteiger partial charge in [0.15, 0.2) is 0 Å². The van der Waals surface area contributed by atoms with Crippen molar-refractivity contribution in [1.82, 2.24) is 9.97 Å². The fourth-order valence-corrected chi connectivity index (χ4v) is 2.00. The van der Waals surface area contributed by atoms with Crippen LogP contribution < -0.4 is 15.8 Å². The lowest BCUT2D eigenvalue weighted by molar-refractivity contribution is 0.286. The van der Waals surface area contributed by atoms with Gasteiger partial charge in [-0.1, -0.05) is 0 Å². The van der Waals surface area contributed by atoms with Crippen LogP contribution in [0.4, 0.5) is 5.82 Å². The molecule has 0 atom stereocenters. The van der Waals surface area contributed by atoms with Gasteiger partial charge in [-0.2, -0.15) is 0 Å². The summed E-state index contributed by atoms with van der Waals surface area (Å²) in [6, 6.07) is 0. The Kier molecular flexibility index (Phi) is 2.96. The Morgan fingerprint density at radius 3 is 2.75 bits per heavy atom. The SMILES string of the molecule is COc1ncnc(NC2(CN)CCC2)c1C. The third-order valence-corrected chi connectivity index (χ3v) is 3.32. The molecule has 5 heteroatoms. The van der Waals surface area contributed by atoms with E-state index in [1.165, 1.54) is 12.7 Å². The molecule has 1 aliphatic carbocycles. The second-order valence-corrected chi connectivity index (χ2v) is 4.32. The molecule has 0 amide bonds. The fourth-order valence-electron chi connectivity index (χ4n) is 2.00. The number of aromatic nitrogens is 2. The highest BCUT2D eigenvalue weighted by Gasteiger charge is 2.36. The molecule has 2 rings (SSSR count). The molecule has 1 aromatic rings. The van der Waals surface area contributed by atoms with Crippen LogP contribution in [-0.4, -0.2) is 29.2 Å². The molecule has 0 unspecified atom stereocenters. The number of rotatable bonds is 4. The first-order chi connectivity index (χ1) is 7.71. The first-order valence-corrected chi connectivity index (χ1v) is 5.54. The van der Waals surface area contributed by atoms with Crippen LogP contribution in [0.5, 0.6) is 5.88 Å². The van der Waals surface area contributed by atoms with Crippen molar-refractivity contribution in [1.29, 1.82) is 0 Å². The first kappa shape index (κ1) is 11.1. The number of hydrogen-bond acceptors (Lipinski definition) is 5. The molecular weight excluding hydrogens is 204 g/mol. The smallest absolute Gasteiger partial charge is 0.221 e. The van der Waals surface area contributed by atoms with Crippen molar-refractivity contribution in [2.24, 2.45) is 5.73 Å². The lowest BCUT2D eigenvalue weighted by Gasteiger charge is -2.42. The second kappa shape index (κ2) is 4.25. The Bertz CT molecular complexity index is 371. The van der Waals surface area contributed by atoms with E-state index >= 15 is 0 Å². The summed E-state index contributed by atoms with van der Waals surface area (Å²) in [5.41, 5.74) is 6.77. The van der Waals surface area contributed by atoms with Crippen molar-refractivity contribution in [3.05, 3.63) is 11.9 Å². The fraction of sp³-hybridized carbons (Fsp3) is 0.636. The maximum absolute atomic E-state index is 5.80. The average Bonchev–Trinajstić information content (AvgIpc) is 2.25. The minimum atomic E-state index is 0.0319. The summed E-state index contributed by atoms with van der Waals surface area (Å²) in [5.74, 6) is 1.45. The van der Waals surface area contributed by atoms with Gasteiger partial charge >= 0.3 is 0 Å². The minimum absolute atomic E-state index is 0.0319. The largest absolute Gasteiger partial charge is 0.481 e. The molecule has 5 nitrogen and oxygen atoms in total. The number of anilines is 1. The van der Waals surface area contributed by atoms with Gasteiger partial charge in [-0.3, -0.25) is 0 Å². The van der Waals surface area contributed by atoms with E-state index in [4.69, 9.17) is 10.5 Å². The van der Waals surface area contributed by atoms with Gasteiger partial charge < -0.3 is 15.8 Å². The Hall–Kier alpha value is -1.36. The third-order valence-electron chi connectivity index (χ3n) is 3.32. The molecule has 0 bridgehead atoms. The highest BCUT2D eigenvalue weighted by atomic mass is 16.5. The van der Waals surface area contributed by atoms with E-state index in [0.29, 0.717) is 12.4 Å². The van der Waals surface area contributed by atoms with Gasteiger partial charge in [0, 0.05) is 6.54 Å². The predicted molar refractivity (Wildman–Crippen MR) is 62.6 cm³/mol. The maximum Gasteiger partial charge on any atom is 0.221 e. The molecule has 1 aliphatic rings. The molecule has 1 aromatic heterocycles. The number of nitrogens with one attached hydrogen (secondary N) is 1. The monoisotopic (exact) mass is 222 g/mol. The number of ether oxygens (including phenoxy) is 1. The molecular formula is C11H18N4O. The van der Waals surface area contributed by atoms with Gasteiger partial charge in [0.1, 0.15) is 12.1 Å². The van der Waals surface area contributed by atoms with Crippen LogP contribution in [0.25, 0.3) is 0 Å². The lowest BCUT2D eigenvalue weighted by Crippen LogP contribution is -2.51. The average molecular weight is 222 g/mol. The molecule has 0 radical (unpaired) electrons. The summed E-state index contributed by atoms with van der Waals surface area (Å²) >= 11 is 0. The molecule has 1 saturated carbocycles. The quantitative estimate of drug-likeness (QED) is 0.797. The Morgan fingerprint density at radius 2 is 2.25 bits per heavy atom. The maximum atomic E-state index is 5.80. The summed E-state index contributed by atoms with van der Waals surface area (Å²) in [6.45, 7) is 2.59. The summed E-state index contributed by atoms with van der Waals surface area (Å²) in [4.78, 5) is 8.30. The van der Waals surface area contributed by atoms with Crippen LogP contribution in [0.2, 0.25) is 0 Å². The van der Waals surface area contributed by atoms with Crippen molar-refractivity contribution in [2.75, 3.05) is 19.0 Å². The molecule has 0 spiro atoms. The van der Waals surface area contributed by atoms with Crippen LogP contribution in [0.15, 0.2) is 6.33 Å². The van der Waals surface area contributed by atoms with Gasteiger partial charge in [0.25, 0.3) is 0 Å². The third kappa shape index (κ3) is 1.82. The van der Waals surface area contributed by atoms with Gasteiger partial charge in [0.05, 0.1) is 18.2 Å². The number of hydrogen-bond donors (Lipinski definition) is 2. The summed E-state index contributed by atoms with van der Waals surface area (Å²) in [7, 11) is 1.61. The van der Waals surface area contributed by atoms with Crippen molar-refractivity contribution in [2.45, 2.75) is 31.7 Å². The zero-order chi connectivity index (χ0) is 11.6. The molecule has 88 valence electrons. The standard InChI is InChI=1S/C11H18N4O/c1-8-9(13-7-14-10(8)16-2)15-11(6-12)4-3-5-11/h7H,3-6,12H2,1-2H3,(H,13,14,15). The molecule has 1 heterocycles. The van der Waals surface area contributed by atoms with E-state index in [2.05, 4.69) is 15.3 Å². The van der Waals surface area contributed by atoms with Crippen LogP contribution in [0, 0.1) is 6.92 Å². The summed E-state index contributed by atoms with van der Waals surface area (Å²) in [6.07, 6.45) is 4.95. The second-order valence-electron chi connectivity index (χ2n) is 4.32. The number of nitrogens with zero attached hydrogens (tertiary/aromatic N) is 2. The van der Waals surface area contributed by atoms with Crippen molar-refractivity contribution < 1.29 is 4.74 Å². The number of methoxy groups -OCH3 is 1. The highest BCUT2D eigenvalue weighted by Crippen LogP contribution is 2.35. The van der Waals surface area contributed by atoms with Crippen LogP contribution in [0.1, 0.15) is 24.8 Å². The van der Waals surface area contributed by atoms with Gasteiger partial charge in [-0.15, -0.1) is 0 Å². The van der Waals surface area contributed by atoms with Gasteiger partial charge in [-0.05, 0) is 26.2 Å². The summed E-state index contributed by atoms with van der Waals surface area (Å²) in [5, 5.41) is 3.43. The van der Waals surface area contributed by atoms with E-state index in [0.717, 1.165) is 24.2 Å². The molecule has 16 heavy (non-hydrogen) atoms. The lowest BCUT2D eigenvalue weighted by atomic mass is 9.77. The topological polar surface area (TPSA) is 73.1 Å². The Balaban J connectivity index is 2.21. The Morgan fingerprint density at radius 1 is 1.50 bits per heavy atom. The molecule has 0 saturated heterocycles. The minimum Gasteiger partial charge on any atom is -0.481 e. The van der Waals surface area contributed by atoms with Gasteiger partial charge in [-0.25, -0.2) is 9.97 Å². The normalized spacial score (nSPS) is 17.7. The van der Waals surface area contributed by atoms with Gasteiger partial charge in [0.2, 0.25) is 5.88 Å². The van der Waals surface area contributed by atoms with Crippen molar-refractivity contribution >= 4 is 5.82 Å². The van der Waals surface area contributed by atoms with E-state index in [1.807, 2.05) is 6.92 Å². The van der Waals surface area contributed by atoms with E-state index in [-0.39, 0.29) is 5.54 Å². The first-order valence-electron chi connectivity index (χ1n) is 5.54. The molecule has 1 fully saturated rings. The zero-order valence-electron chi connectivity index (χ0n) is 9.79. The Labute approximate surface area is 95.4 Å². The molecule has 0 aliphatic heterocycles. The summed E-state index contributed by atoms with van der Waals surface area (Å²) < 4.78 is 5.16. The van der Waals surface area contributed by atoms with E-state index < -0.39 is 0 Å². The molecule has 0 aromatic carbocycles.